The molecule has 0 atom stereocenters. The van der Waals surface area contributed by atoms with Crippen LogP contribution in [0.15, 0.2) is 66.8 Å². The van der Waals surface area contributed by atoms with Crippen molar-refractivity contribution in [1.82, 2.24) is 0 Å². The van der Waals surface area contributed by atoms with Crippen molar-refractivity contribution in [1.29, 1.82) is 0 Å². The standard InChI is InChI=1S/C15H16O/c1-3-5-13(6-4-2)7-8-14-9-11-15(16)12-10-14/h3-12,16H,1H2,2H3/b6-4-,8-7+,13-5+. The van der Waals surface area contributed by atoms with Gasteiger partial charge in [-0.2, -0.15) is 0 Å². The maximum Gasteiger partial charge on any atom is 0.115 e. The minimum atomic E-state index is 0.285. The van der Waals surface area contributed by atoms with Gasteiger partial charge in [-0.15, -0.1) is 0 Å². The molecule has 1 nitrogen and oxygen atoms in total. The lowest BCUT2D eigenvalue weighted by Gasteiger charge is -1.95. The number of benzene rings is 1. The van der Waals surface area contributed by atoms with E-state index in [1.807, 2.05) is 49.4 Å². The molecule has 1 aromatic carbocycles. The summed E-state index contributed by atoms with van der Waals surface area (Å²) in [5.74, 6) is 0.285. The van der Waals surface area contributed by atoms with E-state index in [-0.39, 0.29) is 5.75 Å². The van der Waals surface area contributed by atoms with Crippen molar-refractivity contribution in [3.63, 3.8) is 0 Å². The molecule has 0 bridgehead atoms. The van der Waals surface area contributed by atoms with Crippen molar-refractivity contribution in [2.75, 3.05) is 0 Å². The molecular weight excluding hydrogens is 196 g/mol. The van der Waals surface area contributed by atoms with Crippen molar-refractivity contribution < 1.29 is 5.11 Å². The first-order valence-corrected chi connectivity index (χ1v) is 5.19. The van der Waals surface area contributed by atoms with Crippen molar-refractivity contribution in [2.24, 2.45) is 0 Å². The Bertz CT molecular complexity index is 419. The highest BCUT2D eigenvalue weighted by Crippen LogP contribution is 2.12. The number of aromatic hydroxyl groups is 1. The molecule has 0 aromatic heterocycles. The van der Waals surface area contributed by atoms with Gasteiger partial charge in [0.05, 0.1) is 0 Å². The van der Waals surface area contributed by atoms with Crippen LogP contribution in [0.2, 0.25) is 0 Å². The number of phenolic OH excluding ortho intramolecular Hbond substituents is 1. The minimum Gasteiger partial charge on any atom is -0.508 e. The highest BCUT2D eigenvalue weighted by molar-refractivity contribution is 5.55. The van der Waals surface area contributed by atoms with Gasteiger partial charge in [-0.1, -0.05) is 55.2 Å². The Kier molecular flexibility index (Phi) is 4.87. The minimum absolute atomic E-state index is 0.285. The Labute approximate surface area is 96.8 Å². The second-order valence-corrected chi connectivity index (χ2v) is 3.33. The van der Waals surface area contributed by atoms with Crippen LogP contribution in [0.5, 0.6) is 5.75 Å². The summed E-state index contributed by atoms with van der Waals surface area (Å²) < 4.78 is 0. The van der Waals surface area contributed by atoms with Crippen molar-refractivity contribution in [3.05, 3.63) is 72.4 Å². The van der Waals surface area contributed by atoms with Gasteiger partial charge in [-0.25, -0.2) is 0 Å². The molecular formula is C15H16O. The largest absolute Gasteiger partial charge is 0.508 e. The predicted molar refractivity (Wildman–Crippen MR) is 70.2 cm³/mol. The van der Waals surface area contributed by atoms with E-state index in [2.05, 4.69) is 6.58 Å². The van der Waals surface area contributed by atoms with E-state index in [0.29, 0.717) is 0 Å². The molecule has 82 valence electrons. The van der Waals surface area contributed by atoms with Gasteiger partial charge in [0.2, 0.25) is 0 Å². The molecule has 0 saturated heterocycles. The lowest BCUT2D eigenvalue weighted by Crippen LogP contribution is -1.73. The molecule has 0 aliphatic heterocycles. The first kappa shape index (κ1) is 12.1. The van der Waals surface area contributed by atoms with Crippen LogP contribution in [0, 0.1) is 0 Å². The fourth-order valence-electron chi connectivity index (χ4n) is 1.27. The highest BCUT2D eigenvalue weighted by Gasteiger charge is 1.88. The van der Waals surface area contributed by atoms with Crippen molar-refractivity contribution in [3.8, 4) is 5.75 Å². The lowest BCUT2D eigenvalue weighted by molar-refractivity contribution is 0.475. The Hall–Kier alpha value is -2.02. The van der Waals surface area contributed by atoms with E-state index in [9.17, 15) is 0 Å². The summed E-state index contributed by atoms with van der Waals surface area (Å²) in [4.78, 5) is 0. The van der Waals surface area contributed by atoms with E-state index >= 15 is 0 Å². The van der Waals surface area contributed by atoms with Crippen molar-refractivity contribution in [2.45, 2.75) is 6.92 Å². The van der Waals surface area contributed by atoms with Crippen molar-refractivity contribution >= 4 is 6.08 Å². The Morgan fingerprint density at radius 2 is 1.88 bits per heavy atom. The number of allylic oxidation sites excluding steroid dienone is 6. The maximum atomic E-state index is 9.14. The van der Waals surface area contributed by atoms with Gasteiger partial charge in [0.1, 0.15) is 5.75 Å². The fraction of sp³-hybridized carbons (Fsp3) is 0.0667. The molecule has 0 aliphatic carbocycles. The quantitative estimate of drug-likeness (QED) is 0.745. The molecule has 0 radical (unpaired) electrons. The summed E-state index contributed by atoms with van der Waals surface area (Å²) in [5.41, 5.74) is 2.14. The monoisotopic (exact) mass is 212 g/mol. The SMILES string of the molecule is C=C/C=C(\C=C/C)/C=C/c1ccc(O)cc1. The van der Waals surface area contributed by atoms with Crippen LogP contribution in [0.1, 0.15) is 12.5 Å². The average Bonchev–Trinajstić information content (AvgIpc) is 2.29. The maximum absolute atomic E-state index is 9.14. The molecule has 16 heavy (non-hydrogen) atoms. The summed E-state index contributed by atoms with van der Waals surface area (Å²) in [6.45, 7) is 5.65. The molecule has 1 N–H and O–H groups in total. The highest BCUT2D eigenvalue weighted by atomic mass is 16.3. The van der Waals surface area contributed by atoms with E-state index < -0.39 is 0 Å². The number of rotatable bonds is 4. The first-order valence-electron chi connectivity index (χ1n) is 5.19. The summed E-state index contributed by atoms with van der Waals surface area (Å²) in [5, 5.41) is 9.14. The molecule has 0 amide bonds. The Balaban J connectivity index is 2.82. The summed E-state index contributed by atoms with van der Waals surface area (Å²) in [6, 6.07) is 7.08. The van der Waals surface area contributed by atoms with E-state index in [0.717, 1.165) is 11.1 Å². The fourth-order valence-corrected chi connectivity index (χ4v) is 1.27. The molecule has 0 spiro atoms. The molecule has 0 heterocycles. The van der Waals surface area contributed by atoms with Gasteiger partial charge < -0.3 is 5.11 Å². The van der Waals surface area contributed by atoms with Gasteiger partial charge in [-0.3, -0.25) is 0 Å². The van der Waals surface area contributed by atoms with Crippen LogP contribution in [-0.2, 0) is 0 Å². The third-order valence-electron chi connectivity index (χ3n) is 2.03. The Morgan fingerprint density at radius 3 is 2.44 bits per heavy atom. The Morgan fingerprint density at radius 1 is 1.19 bits per heavy atom. The molecule has 0 saturated carbocycles. The zero-order valence-corrected chi connectivity index (χ0v) is 9.43. The van der Waals surface area contributed by atoms with Crippen LogP contribution >= 0.6 is 0 Å². The van der Waals surface area contributed by atoms with E-state index in [1.165, 1.54) is 0 Å². The van der Waals surface area contributed by atoms with Gasteiger partial charge in [0, 0.05) is 0 Å². The summed E-state index contributed by atoms with van der Waals surface area (Å²) >= 11 is 0. The summed E-state index contributed by atoms with van der Waals surface area (Å²) in [7, 11) is 0. The smallest absolute Gasteiger partial charge is 0.115 e. The third-order valence-corrected chi connectivity index (χ3v) is 2.03. The molecule has 0 unspecified atom stereocenters. The van der Waals surface area contributed by atoms with E-state index in [1.54, 1.807) is 18.2 Å². The topological polar surface area (TPSA) is 20.2 Å². The second-order valence-electron chi connectivity index (χ2n) is 3.33. The number of hydrogen-bond acceptors (Lipinski definition) is 1. The van der Waals surface area contributed by atoms with E-state index in [4.69, 9.17) is 5.11 Å². The first-order chi connectivity index (χ1) is 7.76. The lowest BCUT2D eigenvalue weighted by atomic mass is 10.1. The third kappa shape index (κ3) is 4.01. The zero-order chi connectivity index (χ0) is 11.8. The molecule has 0 fully saturated rings. The van der Waals surface area contributed by atoms with Crippen LogP contribution < -0.4 is 0 Å². The van der Waals surface area contributed by atoms with Crippen LogP contribution in [-0.4, -0.2) is 5.11 Å². The second kappa shape index (κ2) is 6.46. The average molecular weight is 212 g/mol. The molecule has 1 heteroatoms. The predicted octanol–water partition coefficient (Wildman–Crippen LogP) is 4.09. The molecule has 0 aliphatic rings. The summed E-state index contributed by atoms with van der Waals surface area (Å²) in [6.07, 6.45) is 11.7. The van der Waals surface area contributed by atoms with Gasteiger partial charge >= 0.3 is 0 Å². The zero-order valence-electron chi connectivity index (χ0n) is 9.43. The number of phenols is 1. The van der Waals surface area contributed by atoms with Crippen LogP contribution in [0.3, 0.4) is 0 Å². The van der Waals surface area contributed by atoms with Gasteiger partial charge in [0.25, 0.3) is 0 Å². The normalized spacial score (nSPS) is 12.4. The number of hydrogen-bond donors (Lipinski definition) is 1. The molecule has 1 rings (SSSR count). The van der Waals surface area contributed by atoms with Gasteiger partial charge in [0.15, 0.2) is 0 Å². The van der Waals surface area contributed by atoms with Crippen LogP contribution in [0.4, 0.5) is 0 Å². The molecule has 1 aromatic rings. The van der Waals surface area contributed by atoms with Gasteiger partial charge in [-0.05, 0) is 30.2 Å². The van der Waals surface area contributed by atoms with Crippen LogP contribution in [0.25, 0.3) is 6.08 Å².